The van der Waals surface area contributed by atoms with E-state index in [1.807, 2.05) is 0 Å². The van der Waals surface area contributed by atoms with E-state index in [9.17, 15) is 8.42 Å². The van der Waals surface area contributed by atoms with Gasteiger partial charge in [-0.1, -0.05) is 6.07 Å². The number of rotatable bonds is 1. The van der Waals surface area contributed by atoms with Gasteiger partial charge in [-0.2, -0.15) is 0 Å². The number of hydrogen-bond acceptors (Lipinski definition) is 4. The maximum atomic E-state index is 11.1. The first kappa shape index (κ1) is 9.36. The molecule has 0 aliphatic carbocycles. The maximum Gasteiger partial charge on any atom is 0.263 e. The van der Waals surface area contributed by atoms with E-state index >= 15 is 0 Å². The maximum absolute atomic E-state index is 11.1. The Balaban J connectivity index is 2.92. The predicted octanol–water partition coefficient (Wildman–Crippen LogP) is 1.56. The van der Waals surface area contributed by atoms with Crippen LogP contribution in [0, 0.1) is 0 Å². The highest BCUT2D eigenvalue weighted by Crippen LogP contribution is 2.21. The molecule has 2 rings (SSSR count). The molecule has 0 saturated heterocycles. The second-order valence-corrected chi connectivity index (χ2v) is 5.15. The van der Waals surface area contributed by atoms with Crippen LogP contribution in [0.15, 0.2) is 35.5 Å². The first-order valence-electron chi connectivity index (χ1n) is 3.73. The molecule has 72 valence electrons. The topological polar surface area (TPSA) is 59.9 Å². The molecule has 0 bridgehead atoms. The smallest absolute Gasteiger partial charge is 0.253 e. The molecular weight excluding hydrogens is 224 g/mol. The summed E-state index contributed by atoms with van der Waals surface area (Å²) in [5, 5.41) is 0. The van der Waals surface area contributed by atoms with Crippen molar-refractivity contribution in [2.24, 2.45) is 0 Å². The molecule has 0 amide bonds. The van der Waals surface area contributed by atoms with Gasteiger partial charge >= 0.3 is 0 Å². The molecule has 0 N–H and O–H groups in total. The highest BCUT2D eigenvalue weighted by Gasteiger charge is 2.14. The van der Waals surface area contributed by atoms with Crippen LogP contribution in [0.3, 0.4) is 0 Å². The Morgan fingerprint density at radius 2 is 1.86 bits per heavy atom. The monoisotopic (exact) mass is 228 g/mol. The first-order chi connectivity index (χ1) is 6.59. The predicted molar refractivity (Wildman–Crippen MR) is 52.6 cm³/mol. The van der Waals surface area contributed by atoms with E-state index in [4.69, 9.17) is 10.7 Å². The highest BCUT2D eigenvalue weighted by atomic mass is 35.7. The lowest BCUT2D eigenvalue weighted by Crippen LogP contribution is -1.94. The molecular formula is C8H5ClN2O2S. The normalized spacial score (nSPS) is 11.8. The van der Waals surface area contributed by atoms with E-state index in [0.717, 1.165) is 0 Å². The van der Waals surface area contributed by atoms with Gasteiger partial charge in [0.05, 0.1) is 5.52 Å². The molecule has 0 aliphatic heterocycles. The second kappa shape index (κ2) is 3.18. The minimum absolute atomic E-state index is 0.00948. The Labute approximate surface area is 85.0 Å². The number of hydrogen-bond donors (Lipinski definition) is 0. The molecule has 1 aromatic heterocycles. The van der Waals surface area contributed by atoms with Gasteiger partial charge < -0.3 is 0 Å². The molecule has 0 atom stereocenters. The molecule has 1 heterocycles. The number of para-hydroxylation sites is 1. The molecule has 6 heteroatoms. The van der Waals surface area contributed by atoms with Crippen LogP contribution in [0.1, 0.15) is 0 Å². The van der Waals surface area contributed by atoms with Crippen molar-refractivity contribution in [3.8, 4) is 0 Å². The van der Waals surface area contributed by atoms with Crippen molar-refractivity contribution >= 4 is 30.8 Å². The van der Waals surface area contributed by atoms with Crippen molar-refractivity contribution < 1.29 is 8.42 Å². The SMILES string of the molecule is O=S(=O)(Cl)c1cccc2nccnc12. The number of benzene rings is 1. The lowest BCUT2D eigenvalue weighted by molar-refractivity contribution is 0.610. The average molecular weight is 229 g/mol. The largest absolute Gasteiger partial charge is 0.263 e. The minimum atomic E-state index is -3.76. The quantitative estimate of drug-likeness (QED) is 0.695. The second-order valence-electron chi connectivity index (χ2n) is 2.62. The Morgan fingerprint density at radius 3 is 2.57 bits per heavy atom. The van der Waals surface area contributed by atoms with Crippen molar-refractivity contribution in [3.63, 3.8) is 0 Å². The molecule has 0 saturated carbocycles. The summed E-state index contributed by atoms with van der Waals surface area (Å²) in [6.07, 6.45) is 2.92. The standard InChI is InChI=1S/C8H5ClN2O2S/c9-14(12,13)7-3-1-2-6-8(7)11-5-4-10-6/h1-5H. The van der Waals surface area contributed by atoms with Crippen molar-refractivity contribution in [1.82, 2.24) is 9.97 Å². The van der Waals surface area contributed by atoms with Gasteiger partial charge in [-0.15, -0.1) is 0 Å². The zero-order chi connectivity index (χ0) is 10.2. The zero-order valence-electron chi connectivity index (χ0n) is 6.88. The summed E-state index contributed by atoms with van der Waals surface area (Å²) >= 11 is 0. The van der Waals surface area contributed by atoms with E-state index in [2.05, 4.69) is 9.97 Å². The average Bonchev–Trinajstić information content (AvgIpc) is 2.15. The number of halogens is 1. The third kappa shape index (κ3) is 1.56. The van der Waals surface area contributed by atoms with Crippen LogP contribution in [0.25, 0.3) is 11.0 Å². The molecule has 4 nitrogen and oxygen atoms in total. The summed E-state index contributed by atoms with van der Waals surface area (Å²) in [6, 6.07) is 4.65. The summed E-state index contributed by atoms with van der Waals surface area (Å²) in [4.78, 5) is 7.88. The minimum Gasteiger partial charge on any atom is -0.253 e. The van der Waals surface area contributed by atoms with Crippen molar-refractivity contribution in [3.05, 3.63) is 30.6 Å². The summed E-state index contributed by atoms with van der Waals surface area (Å²) in [5.41, 5.74) is 0.805. The molecule has 0 fully saturated rings. The summed E-state index contributed by atoms with van der Waals surface area (Å²) < 4.78 is 22.3. The van der Waals surface area contributed by atoms with Crippen LogP contribution in [-0.4, -0.2) is 18.4 Å². The molecule has 2 aromatic rings. The van der Waals surface area contributed by atoms with E-state index in [1.54, 1.807) is 12.1 Å². The van der Waals surface area contributed by atoms with Gasteiger partial charge in [-0.25, -0.2) is 8.42 Å². The van der Waals surface area contributed by atoms with E-state index in [-0.39, 0.29) is 4.90 Å². The fraction of sp³-hybridized carbons (Fsp3) is 0. The summed E-state index contributed by atoms with van der Waals surface area (Å²) in [6.45, 7) is 0. The summed E-state index contributed by atoms with van der Waals surface area (Å²) in [5.74, 6) is 0. The van der Waals surface area contributed by atoms with Gasteiger partial charge in [0.1, 0.15) is 10.4 Å². The van der Waals surface area contributed by atoms with Crippen LogP contribution in [0.5, 0.6) is 0 Å². The van der Waals surface area contributed by atoms with Crippen LogP contribution >= 0.6 is 10.7 Å². The lowest BCUT2D eigenvalue weighted by atomic mass is 10.3. The fourth-order valence-corrected chi connectivity index (χ4v) is 2.17. The van der Waals surface area contributed by atoms with Gasteiger partial charge in [-0.05, 0) is 12.1 Å². The van der Waals surface area contributed by atoms with E-state index in [1.165, 1.54) is 18.5 Å². The van der Waals surface area contributed by atoms with Gasteiger partial charge in [-0.3, -0.25) is 9.97 Å². The molecule has 0 spiro atoms. The molecule has 0 radical (unpaired) electrons. The van der Waals surface area contributed by atoms with Crippen LogP contribution < -0.4 is 0 Å². The Hall–Kier alpha value is -1.20. The fourth-order valence-electron chi connectivity index (χ4n) is 1.16. The number of nitrogens with zero attached hydrogens (tertiary/aromatic N) is 2. The Morgan fingerprint density at radius 1 is 1.14 bits per heavy atom. The Bertz CT molecular complexity index is 577. The van der Waals surface area contributed by atoms with Crippen molar-refractivity contribution in [1.29, 1.82) is 0 Å². The number of aromatic nitrogens is 2. The van der Waals surface area contributed by atoms with Crippen LogP contribution in [0.2, 0.25) is 0 Å². The molecule has 0 unspecified atom stereocenters. The van der Waals surface area contributed by atoms with Gasteiger partial charge in [0.25, 0.3) is 9.05 Å². The summed E-state index contributed by atoms with van der Waals surface area (Å²) in [7, 11) is 1.48. The molecule has 1 aromatic carbocycles. The van der Waals surface area contributed by atoms with Gasteiger partial charge in [0.2, 0.25) is 0 Å². The molecule has 0 aliphatic rings. The zero-order valence-corrected chi connectivity index (χ0v) is 8.46. The van der Waals surface area contributed by atoms with E-state index in [0.29, 0.717) is 11.0 Å². The van der Waals surface area contributed by atoms with Crippen LogP contribution in [0.4, 0.5) is 0 Å². The first-order valence-corrected chi connectivity index (χ1v) is 6.04. The lowest BCUT2D eigenvalue weighted by Gasteiger charge is -1.99. The Kier molecular flexibility index (Phi) is 2.13. The van der Waals surface area contributed by atoms with Crippen molar-refractivity contribution in [2.45, 2.75) is 4.90 Å². The van der Waals surface area contributed by atoms with E-state index < -0.39 is 9.05 Å². The third-order valence-corrected chi connectivity index (χ3v) is 3.08. The van der Waals surface area contributed by atoms with Crippen molar-refractivity contribution in [2.75, 3.05) is 0 Å². The van der Waals surface area contributed by atoms with Gasteiger partial charge in [0, 0.05) is 23.1 Å². The van der Waals surface area contributed by atoms with Crippen LogP contribution in [-0.2, 0) is 9.05 Å². The number of fused-ring (bicyclic) bond motifs is 1. The third-order valence-electron chi connectivity index (χ3n) is 1.72. The van der Waals surface area contributed by atoms with Gasteiger partial charge in [0.15, 0.2) is 0 Å². The molecule has 14 heavy (non-hydrogen) atoms. The highest BCUT2D eigenvalue weighted by molar-refractivity contribution is 8.14.